The maximum atomic E-state index is 12.8. The molecule has 2 aliphatic rings. The van der Waals surface area contributed by atoms with E-state index in [0.717, 1.165) is 17.1 Å². The average molecular weight is 454 g/mol. The number of rotatable bonds is 3. The number of fused-ring (bicyclic) bond motifs is 1. The van der Waals surface area contributed by atoms with Crippen molar-refractivity contribution in [3.8, 4) is 11.4 Å². The van der Waals surface area contributed by atoms with Crippen molar-refractivity contribution in [2.45, 2.75) is 45.3 Å². The molecule has 0 bridgehead atoms. The number of anilines is 1. The third-order valence-electron chi connectivity index (χ3n) is 5.38. The molecule has 0 radical (unpaired) electrons. The van der Waals surface area contributed by atoms with Gasteiger partial charge in [-0.3, -0.25) is 24.3 Å². The Morgan fingerprint density at radius 3 is 2.61 bits per heavy atom. The van der Waals surface area contributed by atoms with Crippen LogP contribution < -0.4 is 21.3 Å². The summed E-state index contributed by atoms with van der Waals surface area (Å²) in [7, 11) is 0. The van der Waals surface area contributed by atoms with Gasteiger partial charge >= 0.3 is 6.09 Å². The number of hydrogen-bond acceptors (Lipinski definition) is 7. The number of nitrogen functional groups attached to an aromatic ring is 1. The third kappa shape index (κ3) is 4.41. The molecule has 174 valence electrons. The molecule has 10 heteroatoms. The van der Waals surface area contributed by atoms with Crippen LogP contribution in [0, 0.1) is 0 Å². The Morgan fingerprint density at radius 2 is 1.88 bits per heavy atom. The minimum Gasteiger partial charge on any atom is -0.486 e. The number of nitrogens with one attached hydrogen (secondary N) is 1. The maximum Gasteiger partial charge on any atom is 0.410 e. The van der Waals surface area contributed by atoms with Gasteiger partial charge in [-0.15, -0.1) is 0 Å². The molecule has 3 N–H and O–H groups in total. The van der Waals surface area contributed by atoms with Crippen LogP contribution in [0.1, 0.15) is 54.3 Å². The summed E-state index contributed by atoms with van der Waals surface area (Å²) >= 11 is 0. The fourth-order valence-corrected chi connectivity index (χ4v) is 3.98. The predicted molar refractivity (Wildman–Crippen MR) is 120 cm³/mol. The van der Waals surface area contributed by atoms with E-state index in [1.165, 1.54) is 0 Å². The van der Waals surface area contributed by atoms with Crippen LogP contribution in [0.3, 0.4) is 0 Å². The Morgan fingerprint density at radius 1 is 1.15 bits per heavy atom. The highest BCUT2D eigenvalue weighted by Gasteiger charge is 2.33. The summed E-state index contributed by atoms with van der Waals surface area (Å²) < 4.78 is 12.8. The molecule has 0 saturated carbocycles. The number of hydrogen-bond donors (Lipinski definition) is 2. The number of nitrogens with two attached hydrogens (primary N) is 1. The second kappa shape index (κ2) is 8.27. The van der Waals surface area contributed by atoms with E-state index in [9.17, 15) is 19.2 Å². The minimum absolute atomic E-state index is 0.0387. The molecule has 3 amide bonds. The van der Waals surface area contributed by atoms with E-state index in [2.05, 4.69) is 5.32 Å². The Labute approximate surface area is 190 Å². The van der Waals surface area contributed by atoms with E-state index in [0.29, 0.717) is 30.9 Å². The van der Waals surface area contributed by atoms with Gasteiger partial charge in [-0.1, -0.05) is 12.1 Å². The number of nitrogens with zero attached hydrogens (tertiary/aromatic N) is 2. The van der Waals surface area contributed by atoms with Gasteiger partial charge in [-0.2, -0.15) is 0 Å². The fraction of sp³-hybridized carbons (Fsp3) is 0.391. The SMILES string of the molecule is CC(C)(C)OC(=O)N1CCCC(Oc2ccccc2-n2c(N)c3c(cc2=O)C(=O)NC3=O)C1. The van der Waals surface area contributed by atoms with Gasteiger partial charge in [-0.05, 0) is 45.7 Å². The molecule has 3 heterocycles. The summed E-state index contributed by atoms with van der Waals surface area (Å²) in [6, 6.07) is 7.88. The number of para-hydroxylation sites is 2. The summed E-state index contributed by atoms with van der Waals surface area (Å²) in [5.41, 5.74) is 5.26. The first-order chi connectivity index (χ1) is 15.5. The van der Waals surface area contributed by atoms with Gasteiger partial charge in [0.05, 0.1) is 23.4 Å². The highest BCUT2D eigenvalue weighted by molar-refractivity contribution is 6.23. The average Bonchev–Trinajstić information content (AvgIpc) is 3.01. The smallest absolute Gasteiger partial charge is 0.410 e. The lowest BCUT2D eigenvalue weighted by molar-refractivity contribution is 0.00775. The Balaban J connectivity index is 1.63. The number of likely N-dealkylation sites (tertiary alicyclic amines) is 1. The van der Waals surface area contributed by atoms with Crippen molar-refractivity contribution in [2.24, 2.45) is 0 Å². The topological polar surface area (TPSA) is 133 Å². The molecular weight excluding hydrogens is 428 g/mol. The quantitative estimate of drug-likeness (QED) is 0.679. The molecule has 0 spiro atoms. The van der Waals surface area contributed by atoms with Gasteiger partial charge in [0.1, 0.15) is 23.3 Å². The van der Waals surface area contributed by atoms with Crippen molar-refractivity contribution in [3.05, 3.63) is 51.8 Å². The van der Waals surface area contributed by atoms with E-state index in [1.807, 2.05) is 20.8 Å². The number of amides is 3. The standard InChI is InChI=1S/C23H26N4O6/c1-23(2,3)33-22(31)26-10-6-7-13(12-26)32-16-9-5-4-8-15(16)27-17(28)11-14-18(19(27)24)21(30)25-20(14)29/h4-5,8-9,11,13H,6-7,10,12,24H2,1-3H3,(H,25,29,30). The number of aromatic nitrogens is 1. The van der Waals surface area contributed by atoms with Gasteiger partial charge in [0.2, 0.25) is 0 Å². The molecule has 4 rings (SSSR count). The number of carbonyl (C=O) groups excluding carboxylic acids is 3. The van der Waals surface area contributed by atoms with Crippen LogP contribution in [0.15, 0.2) is 35.1 Å². The first-order valence-corrected chi connectivity index (χ1v) is 10.7. The van der Waals surface area contributed by atoms with Crippen LogP contribution >= 0.6 is 0 Å². The van der Waals surface area contributed by atoms with Gasteiger partial charge in [0, 0.05) is 12.6 Å². The van der Waals surface area contributed by atoms with Crippen LogP contribution in [0.5, 0.6) is 5.75 Å². The number of carbonyl (C=O) groups is 3. The van der Waals surface area contributed by atoms with Gasteiger partial charge in [0.15, 0.2) is 0 Å². The molecule has 1 saturated heterocycles. The van der Waals surface area contributed by atoms with Crippen molar-refractivity contribution in [2.75, 3.05) is 18.8 Å². The van der Waals surface area contributed by atoms with Crippen LogP contribution in [-0.4, -0.2) is 52.2 Å². The normalized spacial score (nSPS) is 18.0. The highest BCUT2D eigenvalue weighted by Crippen LogP contribution is 2.29. The molecule has 1 fully saturated rings. The zero-order valence-corrected chi connectivity index (χ0v) is 18.7. The Bertz CT molecular complexity index is 1200. The molecule has 1 aromatic heterocycles. The van der Waals surface area contributed by atoms with Crippen molar-refractivity contribution in [3.63, 3.8) is 0 Å². The molecule has 10 nitrogen and oxygen atoms in total. The first-order valence-electron chi connectivity index (χ1n) is 10.7. The van der Waals surface area contributed by atoms with Crippen molar-refractivity contribution < 1.29 is 23.9 Å². The summed E-state index contributed by atoms with van der Waals surface area (Å²) in [6.07, 6.45) is 0.705. The molecule has 1 unspecified atom stereocenters. The summed E-state index contributed by atoms with van der Waals surface area (Å²) in [4.78, 5) is 51.0. The zero-order chi connectivity index (χ0) is 23.9. The maximum absolute atomic E-state index is 12.8. The lowest BCUT2D eigenvalue weighted by Crippen LogP contribution is -2.46. The largest absolute Gasteiger partial charge is 0.486 e. The number of piperidine rings is 1. The highest BCUT2D eigenvalue weighted by atomic mass is 16.6. The van der Waals surface area contributed by atoms with E-state index in [1.54, 1.807) is 29.2 Å². The fourth-order valence-electron chi connectivity index (χ4n) is 3.98. The van der Waals surface area contributed by atoms with Crippen LogP contribution in [0.4, 0.5) is 10.6 Å². The van der Waals surface area contributed by atoms with Gasteiger partial charge in [-0.25, -0.2) is 4.79 Å². The number of ether oxygens (including phenoxy) is 2. The number of benzene rings is 1. The zero-order valence-electron chi connectivity index (χ0n) is 18.7. The molecule has 0 aliphatic carbocycles. The lowest BCUT2D eigenvalue weighted by Gasteiger charge is -2.34. The van der Waals surface area contributed by atoms with Gasteiger partial charge < -0.3 is 20.1 Å². The Kier molecular flexibility index (Phi) is 5.61. The van der Waals surface area contributed by atoms with Crippen LogP contribution in [0.2, 0.25) is 0 Å². The molecule has 2 aliphatic heterocycles. The second-order valence-electron chi connectivity index (χ2n) is 9.05. The first kappa shape index (κ1) is 22.4. The van der Waals surface area contributed by atoms with Crippen LogP contribution in [-0.2, 0) is 4.74 Å². The lowest BCUT2D eigenvalue weighted by atomic mass is 10.1. The van der Waals surface area contributed by atoms with Crippen molar-refractivity contribution in [1.29, 1.82) is 0 Å². The monoisotopic (exact) mass is 454 g/mol. The van der Waals surface area contributed by atoms with E-state index < -0.39 is 29.1 Å². The van der Waals surface area contributed by atoms with Gasteiger partial charge in [0.25, 0.3) is 17.4 Å². The summed E-state index contributed by atoms with van der Waals surface area (Å²) in [6.45, 7) is 6.33. The molecule has 1 atom stereocenters. The molecule has 2 aromatic rings. The van der Waals surface area contributed by atoms with E-state index in [-0.39, 0.29) is 23.0 Å². The number of pyridine rings is 1. The third-order valence-corrected chi connectivity index (χ3v) is 5.38. The van der Waals surface area contributed by atoms with Crippen LogP contribution in [0.25, 0.3) is 5.69 Å². The number of imide groups is 1. The van der Waals surface area contributed by atoms with E-state index >= 15 is 0 Å². The second-order valence-corrected chi connectivity index (χ2v) is 9.05. The molecule has 33 heavy (non-hydrogen) atoms. The summed E-state index contributed by atoms with van der Waals surface area (Å²) in [5, 5.41) is 2.15. The minimum atomic E-state index is -0.653. The predicted octanol–water partition coefficient (Wildman–Crippen LogP) is 2.08. The molecule has 1 aromatic carbocycles. The van der Waals surface area contributed by atoms with Crippen molar-refractivity contribution in [1.82, 2.24) is 14.8 Å². The van der Waals surface area contributed by atoms with Crippen molar-refractivity contribution >= 4 is 23.7 Å². The Hall–Kier alpha value is -3.82. The van der Waals surface area contributed by atoms with E-state index in [4.69, 9.17) is 15.2 Å². The molecular formula is C23H26N4O6. The summed E-state index contributed by atoms with van der Waals surface area (Å²) in [5.74, 6) is -1.08.